The third-order valence-corrected chi connectivity index (χ3v) is 15.2. The molecule has 0 N–H and O–H groups in total. The Balaban J connectivity index is -0.0000000755. The summed E-state index contributed by atoms with van der Waals surface area (Å²) >= 11 is 3.39. The van der Waals surface area contributed by atoms with Crippen molar-refractivity contribution in [2.45, 2.75) is 301 Å². The maximum absolute atomic E-state index is 4.96. The van der Waals surface area contributed by atoms with Crippen LogP contribution in [0.25, 0.3) is 0 Å². The second kappa shape index (κ2) is 82.5. The Kier molecular flexibility index (Phi) is 100. The number of rotatable bonds is 0. The minimum Gasteiger partial charge on any atom is -0.469 e. The Morgan fingerprint density at radius 1 is 0.405 bits per heavy atom. The largest absolute Gasteiger partial charge is 0.469 e. The zero-order chi connectivity index (χ0) is 82.5. The lowest BCUT2D eigenvalue weighted by molar-refractivity contribution is 0.392. The predicted molar refractivity (Wildman–Crippen MR) is 498 cm³/mol. The minimum absolute atomic E-state index is 0. The van der Waals surface area contributed by atoms with E-state index in [-0.39, 0.29) is 52.0 Å². The summed E-state index contributed by atoms with van der Waals surface area (Å²) in [5.41, 5.74) is 19.1. The number of imidazole rings is 1. The highest BCUT2D eigenvalue weighted by molar-refractivity contribution is 7.10. The van der Waals surface area contributed by atoms with Gasteiger partial charge >= 0.3 is 0 Å². The average Bonchev–Trinajstić information content (AvgIpc) is 1.74. The molecule has 646 valence electrons. The molecule has 0 fully saturated rings. The molecule has 0 spiro atoms. The van der Waals surface area contributed by atoms with E-state index < -0.39 is 0 Å². The van der Waals surface area contributed by atoms with Gasteiger partial charge in [0.2, 0.25) is 0 Å². The van der Waals surface area contributed by atoms with Gasteiger partial charge in [0.15, 0.2) is 0 Å². The van der Waals surface area contributed by atoms with Crippen molar-refractivity contribution in [3.8, 4) is 0 Å². The Hall–Kier alpha value is -8.50. The first kappa shape index (κ1) is 135. The van der Waals surface area contributed by atoms with Gasteiger partial charge in [-0.3, -0.25) is 23.4 Å². The molecule has 20 nitrogen and oxygen atoms in total. The van der Waals surface area contributed by atoms with Gasteiger partial charge in [-0.05, 0) is 239 Å². The number of aryl methyl sites for hydroxylation is 25. The van der Waals surface area contributed by atoms with Crippen molar-refractivity contribution in [3.63, 3.8) is 0 Å². The number of aromatic nitrogens is 18. The Labute approximate surface area is 693 Å². The molecule has 12 rings (SSSR count). The molecule has 0 aliphatic rings. The van der Waals surface area contributed by atoms with Gasteiger partial charge in [-0.15, -0.1) is 16.4 Å². The van der Waals surface area contributed by atoms with E-state index in [1.54, 1.807) is 54.2 Å². The first-order valence-corrected chi connectivity index (χ1v) is 38.1. The zero-order valence-electron chi connectivity index (χ0n) is 73.9. The van der Waals surface area contributed by atoms with Crippen molar-refractivity contribution in [2.24, 2.45) is 56.4 Å². The molecule has 0 aromatic carbocycles. The van der Waals surface area contributed by atoms with Gasteiger partial charge < -0.3 is 22.6 Å². The van der Waals surface area contributed by atoms with Crippen molar-refractivity contribution in [1.29, 1.82) is 0 Å². The van der Waals surface area contributed by atoms with Crippen LogP contribution in [0.15, 0.2) is 107 Å². The average molecular weight is 1590 g/mol. The Morgan fingerprint density at radius 3 is 1.00 bits per heavy atom. The third kappa shape index (κ3) is 68.1. The highest BCUT2D eigenvalue weighted by atomic mass is 32.1. The van der Waals surface area contributed by atoms with E-state index in [0.717, 1.165) is 62.9 Å². The van der Waals surface area contributed by atoms with Gasteiger partial charge in [0.25, 0.3) is 0 Å². The highest BCUT2D eigenvalue weighted by Crippen LogP contribution is 2.15. The van der Waals surface area contributed by atoms with Crippen molar-refractivity contribution in [2.75, 3.05) is 0 Å². The summed E-state index contributed by atoms with van der Waals surface area (Å²) in [4.78, 5) is 10.8. The van der Waals surface area contributed by atoms with Crippen LogP contribution in [0, 0.1) is 152 Å². The molecule has 0 saturated heterocycles. The normalized spacial score (nSPS) is 8.22. The lowest BCUT2D eigenvalue weighted by atomic mass is 10.2. The lowest BCUT2D eigenvalue weighted by Gasteiger charge is -1.90. The van der Waals surface area contributed by atoms with Crippen LogP contribution in [0.1, 0.15) is 272 Å². The Morgan fingerprint density at radius 2 is 0.901 bits per heavy atom. The molecule has 0 bridgehead atoms. The first-order chi connectivity index (χ1) is 49.0. The molecule has 0 aliphatic heterocycles. The molecule has 0 amide bonds. The number of hydrogen-bond donors (Lipinski definition) is 0. The highest BCUT2D eigenvalue weighted by Gasteiger charge is 2.03. The summed E-state index contributed by atoms with van der Waals surface area (Å²) in [5, 5.41) is 29.7. The summed E-state index contributed by atoms with van der Waals surface area (Å²) in [6.07, 6.45) is 19.5. The Bertz CT molecular complexity index is 3160. The molecule has 12 aromatic rings. The molecule has 0 atom stereocenters. The molecular weight excluding hydrogens is 1420 g/mol. The van der Waals surface area contributed by atoms with E-state index in [4.69, 9.17) is 8.94 Å². The molecule has 22 heteroatoms. The van der Waals surface area contributed by atoms with Gasteiger partial charge in [0.1, 0.15) is 23.2 Å². The maximum atomic E-state index is 4.96. The van der Waals surface area contributed by atoms with Crippen molar-refractivity contribution in [3.05, 3.63) is 221 Å². The van der Waals surface area contributed by atoms with Crippen LogP contribution in [-0.2, 0) is 56.4 Å². The van der Waals surface area contributed by atoms with Gasteiger partial charge in [0.05, 0.1) is 58.6 Å². The first-order valence-electron chi connectivity index (χ1n) is 36.5. The van der Waals surface area contributed by atoms with Gasteiger partial charge in [-0.25, -0.2) is 9.97 Å². The van der Waals surface area contributed by atoms with Crippen LogP contribution in [0.4, 0.5) is 0 Å². The van der Waals surface area contributed by atoms with Crippen molar-refractivity contribution < 1.29 is 8.94 Å². The third-order valence-electron chi connectivity index (χ3n) is 13.3. The fourth-order valence-corrected chi connectivity index (χ4v) is 8.50. The molecule has 12 aromatic heterocycles. The topological polar surface area (TPSA) is 195 Å². The molecule has 111 heavy (non-hydrogen) atoms. The van der Waals surface area contributed by atoms with Crippen LogP contribution in [0.2, 0.25) is 0 Å². The number of thiophene rings is 1. The standard InChI is InChI=1S/C7H12N2.C6H9NO.C6H9NS.2C6H9N.C6H8O.C6H8S.2C5H9N3.3C5H8N2.7C2H6.7CH4/c1-5-6(2)8-9(4)7(5)3;2*1-4-5(2)7-8-6(4)3;2*1-6-3-4-7(2)5-6;2*1-5-3-6(2)7-4-5;1-4-6-5(2)8(3)7-4;1-4-5(2)8(3)7-6-4;1-5-3-7(2)4-6-5;1-5-3-6-7(2)4-5;1-5-3-4-7(2)6-5;7*1-2;;;;;;;/h1-4H3;2*1-3H3;2*3-5H,1-2H3;2*3-4H,1-2H3;2*1-3H3;3*3-4H,1-2H3;7*1-2H3;7*1H4. The van der Waals surface area contributed by atoms with Crippen LogP contribution in [0.5, 0.6) is 0 Å². The van der Waals surface area contributed by atoms with E-state index >= 15 is 0 Å². The minimum atomic E-state index is 0. The van der Waals surface area contributed by atoms with Gasteiger partial charge in [-0.1, -0.05) is 159 Å². The van der Waals surface area contributed by atoms with E-state index in [9.17, 15) is 0 Å². The van der Waals surface area contributed by atoms with Crippen LogP contribution in [0.3, 0.4) is 0 Å². The van der Waals surface area contributed by atoms with Crippen LogP contribution >= 0.6 is 22.9 Å². The molecular formula is C89H176N18O2S2. The lowest BCUT2D eigenvalue weighted by Crippen LogP contribution is -1.92. The summed E-state index contributed by atoms with van der Waals surface area (Å²) < 4.78 is 29.0. The second-order valence-corrected chi connectivity index (χ2v) is 24.3. The fourth-order valence-electron chi connectivity index (χ4n) is 7.11. The summed E-state index contributed by atoms with van der Waals surface area (Å²) in [5.74, 6) is 3.70. The summed E-state index contributed by atoms with van der Waals surface area (Å²) in [6, 6.07) is 10.3. The fraction of sp³-hybridized carbons (Fsp3) is 0.573. The van der Waals surface area contributed by atoms with Crippen LogP contribution < -0.4 is 0 Å². The molecule has 0 aliphatic carbocycles. The summed E-state index contributed by atoms with van der Waals surface area (Å²) in [7, 11) is 15.6. The van der Waals surface area contributed by atoms with E-state index in [0.29, 0.717) is 0 Å². The van der Waals surface area contributed by atoms with Crippen molar-refractivity contribution >= 4 is 22.9 Å². The van der Waals surface area contributed by atoms with E-state index in [2.05, 4.69) is 142 Å². The molecule has 0 unspecified atom stereocenters. The second-order valence-electron chi connectivity index (χ2n) is 22.2. The predicted octanol–water partition coefficient (Wildman–Crippen LogP) is 26.6. The van der Waals surface area contributed by atoms with E-state index in [1.807, 2.05) is 318 Å². The molecule has 0 saturated carbocycles. The SMILES string of the molecule is C.C.C.C.C.C.C.CC.CC.CC.CC.CC.CC.CC.Cc1ccn(C)c1.Cc1ccn(C)c1.Cc1ccn(C)n1.Cc1cn(C)cn1.Cc1cnn(C)c1.Cc1coc(C)c1.Cc1csc(C)c1.Cc1nc(C)n(C)n1.Cc1nn(C)c(C)c1C.Cc1nnn(C)c1C.Cc1noc(C)c1C.Cc1nsc(C)c1C. The number of furan rings is 1. The van der Waals surface area contributed by atoms with Gasteiger partial charge in [0, 0.05) is 121 Å². The van der Waals surface area contributed by atoms with Crippen LogP contribution in [-0.4, -0.2) is 87.3 Å². The number of hydrogen-bond acceptors (Lipinski definition) is 14. The maximum Gasteiger partial charge on any atom is 0.147 e. The monoisotopic (exact) mass is 1590 g/mol. The number of nitrogens with zero attached hydrogens (tertiary/aromatic N) is 18. The van der Waals surface area contributed by atoms with Gasteiger partial charge in [-0.2, -0.15) is 24.8 Å². The van der Waals surface area contributed by atoms with E-state index in [1.165, 1.54) is 60.1 Å². The smallest absolute Gasteiger partial charge is 0.147 e. The quantitative estimate of drug-likeness (QED) is 0.140. The summed E-state index contributed by atoms with van der Waals surface area (Å²) in [6.45, 7) is 72.4. The van der Waals surface area contributed by atoms with Crippen molar-refractivity contribution in [1.82, 2.24) is 87.3 Å². The zero-order valence-corrected chi connectivity index (χ0v) is 75.6. The molecule has 0 radical (unpaired) electrons. The molecule has 12 heterocycles.